The van der Waals surface area contributed by atoms with E-state index in [2.05, 4.69) is 15.3 Å². The molecule has 0 radical (unpaired) electrons. The number of hydrogen-bond acceptors (Lipinski definition) is 5. The average Bonchev–Trinajstić information content (AvgIpc) is 2.11. The highest BCUT2D eigenvalue weighted by atomic mass is 16.5. The van der Waals surface area contributed by atoms with E-state index in [4.69, 9.17) is 10.5 Å². The minimum Gasteiger partial charge on any atom is -0.380 e. The number of aryl methyl sites for hydroxylation is 1. The molecule has 0 atom stereocenters. The number of nitrogens with one attached hydrogen (secondary N) is 1. The molecule has 5 heteroatoms. The van der Waals surface area contributed by atoms with Gasteiger partial charge in [0.05, 0.1) is 6.61 Å². The van der Waals surface area contributed by atoms with E-state index < -0.39 is 0 Å². The zero-order valence-electron chi connectivity index (χ0n) is 8.58. The van der Waals surface area contributed by atoms with Gasteiger partial charge in [-0.15, -0.1) is 0 Å². The van der Waals surface area contributed by atoms with Crippen molar-refractivity contribution in [3.8, 4) is 0 Å². The van der Waals surface area contributed by atoms with Gasteiger partial charge in [0.1, 0.15) is 5.82 Å². The summed E-state index contributed by atoms with van der Waals surface area (Å²) in [5, 5.41) is 3.10. The zero-order valence-corrected chi connectivity index (χ0v) is 8.58. The van der Waals surface area contributed by atoms with Gasteiger partial charge >= 0.3 is 0 Å². The number of nitrogen functional groups attached to an aromatic ring is 1. The summed E-state index contributed by atoms with van der Waals surface area (Å²) in [6.45, 7) is 5.97. The van der Waals surface area contributed by atoms with Gasteiger partial charge in [-0.1, -0.05) is 0 Å². The standard InChI is InChI=1S/C9H16N4O/c1-3-14-5-4-11-8-6-7(2)12-9(10)13-8/h6H,3-5H2,1-2H3,(H3,10,11,12,13). The van der Waals surface area contributed by atoms with Crippen LogP contribution in [-0.2, 0) is 4.74 Å². The summed E-state index contributed by atoms with van der Waals surface area (Å²) < 4.78 is 5.18. The maximum absolute atomic E-state index is 5.50. The molecule has 1 aromatic rings. The van der Waals surface area contributed by atoms with Crippen LogP contribution < -0.4 is 11.1 Å². The van der Waals surface area contributed by atoms with Gasteiger partial charge in [0.15, 0.2) is 0 Å². The highest BCUT2D eigenvalue weighted by molar-refractivity contribution is 5.39. The Labute approximate surface area is 83.7 Å². The van der Waals surface area contributed by atoms with E-state index >= 15 is 0 Å². The molecule has 0 aliphatic carbocycles. The number of anilines is 2. The van der Waals surface area contributed by atoms with Gasteiger partial charge in [0.25, 0.3) is 0 Å². The number of hydrogen-bond donors (Lipinski definition) is 2. The van der Waals surface area contributed by atoms with Crippen molar-refractivity contribution < 1.29 is 4.74 Å². The molecule has 1 rings (SSSR count). The van der Waals surface area contributed by atoms with E-state index in [-0.39, 0.29) is 0 Å². The molecule has 14 heavy (non-hydrogen) atoms. The Morgan fingerprint density at radius 2 is 2.29 bits per heavy atom. The fourth-order valence-electron chi connectivity index (χ4n) is 1.08. The highest BCUT2D eigenvalue weighted by Crippen LogP contribution is 2.06. The van der Waals surface area contributed by atoms with Gasteiger partial charge in [-0.2, -0.15) is 4.98 Å². The van der Waals surface area contributed by atoms with Crippen molar-refractivity contribution in [3.05, 3.63) is 11.8 Å². The van der Waals surface area contributed by atoms with Crippen molar-refractivity contribution >= 4 is 11.8 Å². The van der Waals surface area contributed by atoms with E-state index in [9.17, 15) is 0 Å². The van der Waals surface area contributed by atoms with Crippen LogP contribution in [0.3, 0.4) is 0 Å². The molecule has 0 unspecified atom stereocenters. The summed E-state index contributed by atoms with van der Waals surface area (Å²) in [4.78, 5) is 8.01. The number of nitrogens with two attached hydrogens (primary N) is 1. The SMILES string of the molecule is CCOCCNc1cc(C)nc(N)n1. The second kappa shape index (κ2) is 5.39. The Kier molecular flexibility index (Phi) is 4.12. The minimum atomic E-state index is 0.295. The van der Waals surface area contributed by atoms with E-state index in [1.54, 1.807) is 0 Å². The lowest BCUT2D eigenvalue weighted by molar-refractivity contribution is 0.158. The predicted molar refractivity (Wildman–Crippen MR) is 56.2 cm³/mol. The summed E-state index contributed by atoms with van der Waals surface area (Å²) >= 11 is 0. The minimum absolute atomic E-state index is 0.295. The topological polar surface area (TPSA) is 73.1 Å². The summed E-state index contributed by atoms with van der Waals surface area (Å²) in [6, 6.07) is 1.85. The predicted octanol–water partition coefficient (Wildman–Crippen LogP) is 0.816. The molecule has 0 spiro atoms. The normalized spacial score (nSPS) is 10.1. The molecule has 3 N–H and O–H groups in total. The number of aromatic nitrogens is 2. The maximum Gasteiger partial charge on any atom is 0.222 e. The first-order valence-corrected chi connectivity index (χ1v) is 4.65. The third-order valence-electron chi connectivity index (χ3n) is 1.63. The Balaban J connectivity index is 2.42. The molecule has 0 bridgehead atoms. The van der Waals surface area contributed by atoms with Crippen molar-refractivity contribution in [2.45, 2.75) is 13.8 Å². The van der Waals surface area contributed by atoms with Gasteiger partial charge in [-0.3, -0.25) is 0 Å². The molecule has 0 amide bonds. The molecule has 78 valence electrons. The Morgan fingerprint density at radius 1 is 1.50 bits per heavy atom. The van der Waals surface area contributed by atoms with E-state index in [1.807, 2.05) is 19.9 Å². The summed E-state index contributed by atoms with van der Waals surface area (Å²) in [7, 11) is 0. The van der Waals surface area contributed by atoms with Crippen LogP contribution in [0.15, 0.2) is 6.07 Å². The lowest BCUT2D eigenvalue weighted by Crippen LogP contribution is -2.11. The lowest BCUT2D eigenvalue weighted by atomic mass is 10.4. The van der Waals surface area contributed by atoms with Crippen LogP contribution in [0.4, 0.5) is 11.8 Å². The summed E-state index contributed by atoms with van der Waals surface area (Å²) in [5.41, 5.74) is 6.35. The fourth-order valence-corrected chi connectivity index (χ4v) is 1.08. The third kappa shape index (κ3) is 3.57. The Morgan fingerprint density at radius 3 is 2.93 bits per heavy atom. The molecule has 0 aliphatic rings. The largest absolute Gasteiger partial charge is 0.380 e. The first kappa shape index (κ1) is 10.7. The zero-order chi connectivity index (χ0) is 10.4. The molecule has 0 aromatic carbocycles. The molecule has 0 fully saturated rings. The van der Waals surface area contributed by atoms with Crippen LogP contribution in [0.25, 0.3) is 0 Å². The molecular formula is C9H16N4O. The molecule has 0 aliphatic heterocycles. The maximum atomic E-state index is 5.50. The highest BCUT2D eigenvalue weighted by Gasteiger charge is 1.97. The number of rotatable bonds is 5. The van der Waals surface area contributed by atoms with E-state index in [0.29, 0.717) is 12.6 Å². The fraction of sp³-hybridized carbons (Fsp3) is 0.556. The van der Waals surface area contributed by atoms with Gasteiger partial charge in [-0.25, -0.2) is 4.98 Å². The number of nitrogens with zero attached hydrogens (tertiary/aromatic N) is 2. The van der Waals surface area contributed by atoms with Crippen molar-refractivity contribution in [3.63, 3.8) is 0 Å². The second-order valence-corrected chi connectivity index (χ2v) is 2.88. The van der Waals surface area contributed by atoms with Crippen LogP contribution >= 0.6 is 0 Å². The molecule has 0 saturated carbocycles. The lowest BCUT2D eigenvalue weighted by Gasteiger charge is -2.06. The second-order valence-electron chi connectivity index (χ2n) is 2.88. The number of ether oxygens (including phenoxy) is 1. The Bertz CT molecular complexity index is 270. The molecule has 5 nitrogen and oxygen atoms in total. The van der Waals surface area contributed by atoms with E-state index in [0.717, 1.165) is 24.7 Å². The summed E-state index contributed by atoms with van der Waals surface area (Å²) in [6.07, 6.45) is 0. The van der Waals surface area contributed by atoms with Crippen molar-refractivity contribution in [2.75, 3.05) is 30.8 Å². The Hall–Kier alpha value is -1.36. The molecule has 1 aromatic heterocycles. The first-order chi connectivity index (χ1) is 6.72. The monoisotopic (exact) mass is 196 g/mol. The van der Waals surface area contributed by atoms with Gasteiger partial charge in [-0.05, 0) is 13.8 Å². The first-order valence-electron chi connectivity index (χ1n) is 4.65. The quantitative estimate of drug-likeness (QED) is 0.682. The third-order valence-corrected chi connectivity index (χ3v) is 1.63. The van der Waals surface area contributed by atoms with Crippen LogP contribution in [0.5, 0.6) is 0 Å². The molecular weight excluding hydrogens is 180 g/mol. The molecule has 0 saturated heterocycles. The van der Waals surface area contributed by atoms with Gasteiger partial charge in [0, 0.05) is 24.9 Å². The van der Waals surface area contributed by atoms with Crippen molar-refractivity contribution in [1.29, 1.82) is 0 Å². The van der Waals surface area contributed by atoms with Crippen LogP contribution in [0.2, 0.25) is 0 Å². The van der Waals surface area contributed by atoms with E-state index in [1.165, 1.54) is 0 Å². The van der Waals surface area contributed by atoms with Crippen molar-refractivity contribution in [1.82, 2.24) is 9.97 Å². The van der Waals surface area contributed by atoms with Crippen LogP contribution in [0, 0.1) is 6.92 Å². The van der Waals surface area contributed by atoms with Gasteiger partial charge in [0.2, 0.25) is 5.95 Å². The van der Waals surface area contributed by atoms with Crippen molar-refractivity contribution in [2.24, 2.45) is 0 Å². The molecule has 1 heterocycles. The summed E-state index contributed by atoms with van der Waals surface area (Å²) in [5.74, 6) is 1.04. The smallest absolute Gasteiger partial charge is 0.222 e. The van der Waals surface area contributed by atoms with Gasteiger partial charge < -0.3 is 15.8 Å². The average molecular weight is 196 g/mol. The van der Waals surface area contributed by atoms with Crippen LogP contribution in [0.1, 0.15) is 12.6 Å². The van der Waals surface area contributed by atoms with Crippen LogP contribution in [-0.4, -0.2) is 29.7 Å².